The van der Waals surface area contributed by atoms with Gasteiger partial charge in [-0.3, -0.25) is 14.4 Å². The van der Waals surface area contributed by atoms with Gasteiger partial charge in [0.05, 0.1) is 0 Å². The van der Waals surface area contributed by atoms with Gasteiger partial charge in [-0.15, -0.1) is 0 Å². The molecule has 0 N–H and O–H groups in total. The van der Waals surface area contributed by atoms with Gasteiger partial charge in [-0.25, -0.2) is 0 Å². The van der Waals surface area contributed by atoms with Crippen molar-refractivity contribution in [3.05, 3.63) is 12.2 Å². The van der Waals surface area contributed by atoms with Crippen LogP contribution in [0.3, 0.4) is 0 Å². The van der Waals surface area contributed by atoms with E-state index in [9.17, 15) is 14.4 Å². The lowest BCUT2D eigenvalue weighted by atomic mass is 10.0. The summed E-state index contributed by atoms with van der Waals surface area (Å²) < 4.78 is 17.0. The first kappa shape index (κ1) is 71.2. The number of ether oxygens (including phenoxy) is 3. The Hall–Kier alpha value is -1.85. The van der Waals surface area contributed by atoms with E-state index in [0.717, 1.165) is 57.8 Å². The molecule has 432 valence electrons. The van der Waals surface area contributed by atoms with E-state index in [4.69, 9.17) is 14.2 Å². The highest BCUT2D eigenvalue weighted by Crippen LogP contribution is 2.18. The summed E-state index contributed by atoms with van der Waals surface area (Å²) in [6, 6.07) is 0. The molecule has 0 aliphatic carbocycles. The summed E-state index contributed by atoms with van der Waals surface area (Å²) in [6.07, 6.45) is 73.6. The standard InChI is InChI=1S/C67H128O6/c1-4-7-10-13-16-19-22-25-28-31-33-36-39-42-45-48-51-54-57-60-66(69)72-63-64(62-71-65(68)59-56-53-50-47-44-41-38-35-30-27-24-21-18-15-12-9-6-3)73-67(70)61-58-55-52-49-46-43-40-37-34-32-29-26-23-20-17-14-11-8-5-2/h26,29,64H,4-25,27-28,30-63H2,1-3H3/b29-26-. The Kier molecular flexibility index (Phi) is 61.1. The zero-order valence-electron chi connectivity index (χ0n) is 49.7. The summed E-state index contributed by atoms with van der Waals surface area (Å²) in [5, 5.41) is 0. The van der Waals surface area contributed by atoms with Gasteiger partial charge < -0.3 is 14.2 Å². The first-order valence-electron chi connectivity index (χ1n) is 33.2. The molecule has 0 saturated heterocycles. The molecule has 1 atom stereocenters. The molecule has 6 nitrogen and oxygen atoms in total. The molecule has 73 heavy (non-hydrogen) atoms. The van der Waals surface area contributed by atoms with Gasteiger partial charge >= 0.3 is 17.9 Å². The average Bonchev–Trinajstić information content (AvgIpc) is 3.39. The van der Waals surface area contributed by atoms with E-state index in [1.165, 1.54) is 283 Å². The summed E-state index contributed by atoms with van der Waals surface area (Å²) >= 11 is 0. The fourth-order valence-corrected chi connectivity index (χ4v) is 10.3. The second-order valence-corrected chi connectivity index (χ2v) is 22.7. The molecule has 0 aromatic rings. The smallest absolute Gasteiger partial charge is 0.306 e. The van der Waals surface area contributed by atoms with Gasteiger partial charge in [0.1, 0.15) is 13.2 Å². The van der Waals surface area contributed by atoms with Crippen molar-refractivity contribution < 1.29 is 28.6 Å². The molecule has 0 aliphatic heterocycles. The van der Waals surface area contributed by atoms with Gasteiger partial charge in [-0.1, -0.05) is 328 Å². The van der Waals surface area contributed by atoms with Crippen LogP contribution in [-0.4, -0.2) is 37.2 Å². The first-order chi connectivity index (χ1) is 36.0. The van der Waals surface area contributed by atoms with Crippen molar-refractivity contribution in [1.29, 1.82) is 0 Å². The lowest BCUT2D eigenvalue weighted by Gasteiger charge is -2.18. The van der Waals surface area contributed by atoms with E-state index in [1.54, 1.807) is 0 Å². The highest BCUT2D eigenvalue weighted by atomic mass is 16.6. The number of allylic oxidation sites excluding steroid dienone is 2. The third-order valence-electron chi connectivity index (χ3n) is 15.3. The van der Waals surface area contributed by atoms with E-state index in [0.29, 0.717) is 19.3 Å². The van der Waals surface area contributed by atoms with Gasteiger partial charge in [-0.2, -0.15) is 0 Å². The van der Waals surface area contributed by atoms with E-state index in [2.05, 4.69) is 32.9 Å². The molecule has 0 fully saturated rings. The van der Waals surface area contributed by atoms with Crippen LogP contribution in [0.4, 0.5) is 0 Å². The monoisotopic (exact) mass is 1030 g/mol. The van der Waals surface area contributed by atoms with Crippen LogP contribution in [0.25, 0.3) is 0 Å². The summed E-state index contributed by atoms with van der Waals surface area (Å²) in [4.78, 5) is 38.4. The molecule has 0 heterocycles. The van der Waals surface area contributed by atoms with Gasteiger partial charge in [-0.05, 0) is 44.9 Å². The highest BCUT2D eigenvalue weighted by Gasteiger charge is 2.19. The second kappa shape index (κ2) is 62.7. The quantitative estimate of drug-likeness (QED) is 0.0261. The van der Waals surface area contributed by atoms with Crippen LogP contribution in [0, 0.1) is 0 Å². The predicted octanol–water partition coefficient (Wildman–Crippen LogP) is 22.4. The van der Waals surface area contributed by atoms with E-state index in [-0.39, 0.29) is 31.1 Å². The van der Waals surface area contributed by atoms with E-state index < -0.39 is 6.10 Å². The maximum Gasteiger partial charge on any atom is 0.306 e. The number of esters is 3. The molecule has 6 heteroatoms. The average molecular weight is 1030 g/mol. The van der Waals surface area contributed by atoms with Crippen molar-refractivity contribution in [1.82, 2.24) is 0 Å². The Labute approximate surface area is 456 Å². The van der Waals surface area contributed by atoms with E-state index in [1.807, 2.05) is 0 Å². The van der Waals surface area contributed by atoms with Crippen molar-refractivity contribution in [2.45, 2.75) is 386 Å². The van der Waals surface area contributed by atoms with Crippen LogP contribution in [0.15, 0.2) is 12.2 Å². The molecule has 0 radical (unpaired) electrons. The summed E-state index contributed by atoms with van der Waals surface area (Å²) in [5.41, 5.74) is 0. The number of unbranched alkanes of at least 4 members (excludes halogenated alkanes) is 49. The lowest BCUT2D eigenvalue weighted by molar-refractivity contribution is -0.167. The minimum absolute atomic E-state index is 0.0639. The first-order valence-corrected chi connectivity index (χ1v) is 33.2. The van der Waals surface area contributed by atoms with Gasteiger partial charge in [0, 0.05) is 19.3 Å². The highest BCUT2D eigenvalue weighted by molar-refractivity contribution is 5.71. The van der Waals surface area contributed by atoms with Gasteiger partial charge in [0.2, 0.25) is 0 Å². The fourth-order valence-electron chi connectivity index (χ4n) is 10.3. The molecule has 0 amide bonds. The van der Waals surface area contributed by atoms with Crippen LogP contribution in [0.5, 0.6) is 0 Å². The minimum atomic E-state index is -0.767. The predicted molar refractivity (Wildman–Crippen MR) is 317 cm³/mol. The largest absolute Gasteiger partial charge is 0.462 e. The van der Waals surface area contributed by atoms with Crippen molar-refractivity contribution in [3.8, 4) is 0 Å². The van der Waals surface area contributed by atoms with Crippen molar-refractivity contribution in [2.24, 2.45) is 0 Å². The Morgan fingerprint density at radius 3 is 0.685 bits per heavy atom. The minimum Gasteiger partial charge on any atom is -0.462 e. The van der Waals surface area contributed by atoms with Crippen LogP contribution >= 0.6 is 0 Å². The maximum absolute atomic E-state index is 12.9. The zero-order chi connectivity index (χ0) is 52.9. The van der Waals surface area contributed by atoms with Gasteiger partial charge in [0.25, 0.3) is 0 Å². The van der Waals surface area contributed by atoms with Crippen molar-refractivity contribution >= 4 is 17.9 Å². The lowest BCUT2D eigenvalue weighted by Crippen LogP contribution is -2.30. The number of hydrogen-bond acceptors (Lipinski definition) is 6. The summed E-state index contributed by atoms with van der Waals surface area (Å²) in [6.45, 7) is 6.72. The molecular weight excluding hydrogens is 901 g/mol. The topological polar surface area (TPSA) is 78.9 Å². The third kappa shape index (κ3) is 60.9. The Balaban J connectivity index is 4.30. The number of rotatable bonds is 62. The molecule has 0 rings (SSSR count). The number of hydrogen-bond donors (Lipinski definition) is 0. The Morgan fingerprint density at radius 1 is 0.260 bits per heavy atom. The number of carbonyl (C=O) groups is 3. The molecule has 0 saturated carbocycles. The zero-order valence-corrected chi connectivity index (χ0v) is 49.7. The third-order valence-corrected chi connectivity index (χ3v) is 15.3. The van der Waals surface area contributed by atoms with Crippen molar-refractivity contribution in [3.63, 3.8) is 0 Å². The molecule has 0 spiro atoms. The fraction of sp³-hybridized carbons (Fsp3) is 0.925. The van der Waals surface area contributed by atoms with Crippen molar-refractivity contribution in [2.75, 3.05) is 13.2 Å². The second-order valence-electron chi connectivity index (χ2n) is 22.7. The van der Waals surface area contributed by atoms with Gasteiger partial charge in [0.15, 0.2) is 6.10 Å². The molecule has 0 bridgehead atoms. The molecule has 0 aromatic carbocycles. The van der Waals surface area contributed by atoms with Crippen LogP contribution < -0.4 is 0 Å². The molecular formula is C67H128O6. The van der Waals surface area contributed by atoms with Crippen LogP contribution in [0.2, 0.25) is 0 Å². The SMILES string of the molecule is CCCCCCCC/C=C\CCCCCCCCCCCC(=O)OC(COC(=O)CCCCCCCCCCCCCCCCCCC)COC(=O)CCCCCCCCCCCCCCCCCCCCC. The normalized spacial score (nSPS) is 12.0. The van der Waals surface area contributed by atoms with Crippen LogP contribution in [-0.2, 0) is 28.6 Å². The Bertz CT molecular complexity index is 1130. The van der Waals surface area contributed by atoms with Crippen LogP contribution in [0.1, 0.15) is 380 Å². The molecule has 0 aromatic heterocycles. The maximum atomic E-state index is 12.9. The number of carbonyl (C=O) groups excluding carboxylic acids is 3. The summed E-state index contributed by atoms with van der Waals surface area (Å²) in [5.74, 6) is -0.832. The summed E-state index contributed by atoms with van der Waals surface area (Å²) in [7, 11) is 0. The molecule has 1 unspecified atom stereocenters. The Morgan fingerprint density at radius 2 is 0.452 bits per heavy atom. The molecule has 0 aliphatic rings. The van der Waals surface area contributed by atoms with E-state index >= 15 is 0 Å².